The number of hydrogen-bond acceptors (Lipinski definition) is 3. The van der Waals surface area contributed by atoms with Gasteiger partial charge < -0.3 is 9.15 Å². The highest BCUT2D eigenvalue weighted by atomic mass is 16.5. The highest BCUT2D eigenvalue weighted by Gasteiger charge is 2.01. The van der Waals surface area contributed by atoms with Crippen LogP contribution in [-0.4, -0.2) is 0 Å². The molecule has 1 aromatic heterocycles. The lowest BCUT2D eigenvalue weighted by atomic mass is 10.3. The Morgan fingerprint density at radius 1 is 1.00 bits per heavy atom. The van der Waals surface area contributed by atoms with Crippen LogP contribution in [0.1, 0.15) is 0 Å². The first-order chi connectivity index (χ1) is 6.86. The van der Waals surface area contributed by atoms with Gasteiger partial charge in [-0.1, -0.05) is 18.2 Å². The molecule has 3 nitrogen and oxygen atoms in total. The van der Waals surface area contributed by atoms with Gasteiger partial charge in [0, 0.05) is 0 Å². The second kappa shape index (κ2) is 3.79. The fraction of sp³-hybridized carbons (Fsp3) is 0. The fourth-order valence-corrected chi connectivity index (χ4v) is 1.05. The van der Waals surface area contributed by atoms with Gasteiger partial charge in [0.1, 0.15) is 5.75 Å². The van der Waals surface area contributed by atoms with Crippen molar-refractivity contribution in [1.29, 1.82) is 0 Å². The number of rotatable bonds is 2. The molecule has 3 heteroatoms. The molecular formula is C11H8O3. The zero-order valence-corrected chi connectivity index (χ0v) is 7.34. The van der Waals surface area contributed by atoms with Crippen LogP contribution >= 0.6 is 0 Å². The summed E-state index contributed by atoms with van der Waals surface area (Å²) in [6.07, 6.45) is 1.32. The number of ether oxygens (including phenoxy) is 1. The van der Waals surface area contributed by atoms with Crippen LogP contribution in [-0.2, 0) is 0 Å². The number of para-hydroxylation sites is 1. The van der Waals surface area contributed by atoms with E-state index in [0.29, 0.717) is 5.75 Å². The summed E-state index contributed by atoms with van der Waals surface area (Å²) in [7, 11) is 0. The molecule has 0 aliphatic heterocycles. The third-order valence-corrected chi connectivity index (χ3v) is 1.67. The van der Waals surface area contributed by atoms with Gasteiger partial charge >= 0.3 is 5.63 Å². The highest BCUT2D eigenvalue weighted by Crippen LogP contribution is 2.16. The Morgan fingerprint density at radius 2 is 1.79 bits per heavy atom. The first-order valence-corrected chi connectivity index (χ1v) is 4.17. The quantitative estimate of drug-likeness (QED) is 0.726. The first-order valence-electron chi connectivity index (χ1n) is 4.17. The van der Waals surface area contributed by atoms with Crippen molar-refractivity contribution in [2.24, 2.45) is 0 Å². The summed E-state index contributed by atoms with van der Waals surface area (Å²) in [6.45, 7) is 0. The van der Waals surface area contributed by atoms with E-state index in [4.69, 9.17) is 4.74 Å². The summed E-state index contributed by atoms with van der Waals surface area (Å²) in [4.78, 5) is 11.1. The van der Waals surface area contributed by atoms with Gasteiger partial charge in [-0.15, -0.1) is 0 Å². The molecular weight excluding hydrogens is 180 g/mol. The maximum atomic E-state index is 11.1. The summed E-state index contributed by atoms with van der Waals surface area (Å²) < 4.78 is 9.95. The van der Waals surface area contributed by atoms with E-state index in [1.807, 2.05) is 18.2 Å². The van der Waals surface area contributed by atoms with Crippen molar-refractivity contribution in [2.75, 3.05) is 0 Å². The van der Waals surface area contributed by atoms with E-state index in [1.54, 1.807) is 24.3 Å². The SMILES string of the molecule is O=c1occcc1Oc1ccccc1. The predicted molar refractivity (Wildman–Crippen MR) is 51.5 cm³/mol. The number of benzene rings is 1. The molecule has 0 aliphatic rings. The molecule has 0 spiro atoms. The van der Waals surface area contributed by atoms with Crippen LogP contribution in [0, 0.1) is 0 Å². The lowest BCUT2D eigenvalue weighted by molar-refractivity contribution is 0.420. The van der Waals surface area contributed by atoms with Crippen molar-refractivity contribution >= 4 is 0 Å². The van der Waals surface area contributed by atoms with E-state index in [0.717, 1.165) is 0 Å². The third-order valence-electron chi connectivity index (χ3n) is 1.67. The molecule has 1 heterocycles. The molecule has 0 saturated carbocycles. The average Bonchev–Trinajstić information content (AvgIpc) is 2.23. The van der Waals surface area contributed by atoms with E-state index in [1.165, 1.54) is 6.26 Å². The van der Waals surface area contributed by atoms with Crippen molar-refractivity contribution in [3.8, 4) is 11.5 Å². The lowest BCUT2D eigenvalue weighted by Crippen LogP contribution is -2.01. The minimum absolute atomic E-state index is 0.193. The van der Waals surface area contributed by atoms with Crippen LogP contribution in [0.15, 0.2) is 57.9 Å². The summed E-state index contributed by atoms with van der Waals surface area (Å²) in [5.41, 5.74) is -0.476. The second-order valence-corrected chi connectivity index (χ2v) is 2.68. The van der Waals surface area contributed by atoms with Gasteiger partial charge in [-0.25, -0.2) is 4.79 Å². The van der Waals surface area contributed by atoms with E-state index >= 15 is 0 Å². The van der Waals surface area contributed by atoms with Crippen LogP contribution < -0.4 is 10.4 Å². The van der Waals surface area contributed by atoms with Crippen LogP contribution in [0.2, 0.25) is 0 Å². The Bertz CT molecular complexity index is 459. The molecule has 2 rings (SSSR count). The maximum absolute atomic E-state index is 11.1. The molecule has 14 heavy (non-hydrogen) atoms. The smallest absolute Gasteiger partial charge is 0.379 e. The van der Waals surface area contributed by atoms with Gasteiger partial charge in [0.05, 0.1) is 6.26 Å². The van der Waals surface area contributed by atoms with Gasteiger partial charge in [-0.3, -0.25) is 0 Å². The second-order valence-electron chi connectivity index (χ2n) is 2.68. The summed E-state index contributed by atoms with van der Waals surface area (Å²) in [5.74, 6) is 0.810. The Hall–Kier alpha value is -2.03. The molecule has 0 N–H and O–H groups in total. The molecule has 0 atom stereocenters. The highest BCUT2D eigenvalue weighted by molar-refractivity contribution is 5.27. The summed E-state index contributed by atoms with van der Waals surface area (Å²) in [6, 6.07) is 12.3. The molecule has 2 aromatic rings. The average molecular weight is 188 g/mol. The van der Waals surface area contributed by atoms with Crippen molar-refractivity contribution < 1.29 is 9.15 Å². The van der Waals surface area contributed by atoms with E-state index in [2.05, 4.69) is 4.42 Å². The van der Waals surface area contributed by atoms with Crippen molar-refractivity contribution in [1.82, 2.24) is 0 Å². The monoisotopic (exact) mass is 188 g/mol. The minimum atomic E-state index is -0.476. The summed E-state index contributed by atoms with van der Waals surface area (Å²) >= 11 is 0. The van der Waals surface area contributed by atoms with E-state index in [-0.39, 0.29) is 5.75 Å². The van der Waals surface area contributed by atoms with Crippen LogP contribution in [0.3, 0.4) is 0 Å². The van der Waals surface area contributed by atoms with Gasteiger partial charge in [-0.05, 0) is 24.3 Å². The number of hydrogen-bond donors (Lipinski definition) is 0. The van der Waals surface area contributed by atoms with Crippen LogP contribution in [0.4, 0.5) is 0 Å². The Labute approximate surface area is 80.6 Å². The summed E-state index contributed by atoms with van der Waals surface area (Å²) in [5, 5.41) is 0. The molecule has 1 aromatic carbocycles. The van der Waals surface area contributed by atoms with Gasteiger partial charge in [0.2, 0.25) is 5.75 Å². The van der Waals surface area contributed by atoms with Gasteiger partial charge in [-0.2, -0.15) is 0 Å². The third kappa shape index (κ3) is 1.82. The molecule has 0 radical (unpaired) electrons. The largest absolute Gasteiger partial charge is 0.450 e. The van der Waals surface area contributed by atoms with Crippen molar-refractivity contribution in [2.45, 2.75) is 0 Å². The predicted octanol–water partition coefficient (Wildman–Crippen LogP) is 2.43. The van der Waals surface area contributed by atoms with Gasteiger partial charge in [0.15, 0.2) is 0 Å². The molecule has 0 aliphatic carbocycles. The minimum Gasteiger partial charge on any atom is -0.450 e. The van der Waals surface area contributed by atoms with Crippen molar-refractivity contribution in [3.05, 3.63) is 59.1 Å². The Balaban J connectivity index is 2.28. The van der Waals surface area contributed by atoms with Crippen LogP contribution in [0.5, 0.6) is 11.5 Å². The zero-order chi connectivity index (χ0) is 9.80. The van der Waals surface area contributed by atoms with Crippen molar-refractivity contribution in [3.63, 3.8) is 0 Å². The molecule has 0 amide bonds. The standard InChI is InChI=1S/C11H8O3/c12-11-10(7-4-8-13-11)14-9-5-2-1-3-6-9/h1-8H. The van der Waals surface area contributed by atoms with E-state index in [9.17, 15) is 4.79 Å². The first kappa shape index (κ1) is 8.56. The normalized spacial score (nSPS) is 9.71. The topological polar surface area (TPSA) is 39.4 Å². The lowest BCUT2D eigenvalue weighted by Gasteiger charge is -2.01. The molecule has 0 fully saturated rings. The van der Waals surface area contributed by atoms with Crippen LogP contribution in [0.25, 0.3) is 0 Å². The molecule has 0 unspecified atom stereocenters. The Kier molecular flexibility index (Phi) is 2.32. The maximum Gasteiger partial charge on any atom is 0.379 e. The fourth-order valence-electron chi connectivity index (χ4n) is 1.05. The van der Waals surface area contributed by atoms with E-state index < -0.39 is 5.63 Å². The molecule has 0 saturated heterocycles. The molecule has 0 bridgehead atoms. The van der Waals surface area contributed by atoms with Gasteiger partial charge in [0.25, 0.3) is 0 Å². The molecule has 70 valence electrons. The zero-order valence-electron chi connectivity index (χ0n) is 7.34. The Morgan fingerprint density at radius 3 is 2.50 bits per heavy atom.